The molecule has 0 aliphatic rings. The Morgan fingerprint density at radius 3 is 1.80 bits per heavy atom. The number of carbonyl (C=O) groups is 3. The number of carboxylic acids is 2. The van der Waals surface area contributed by atoms with Crippen LogP contribution in [-0.2, 0) is 14.4 Å². The van der Waals surface area contributed by atoms with Crippen LogP contribution in [0, 0.1) is 5.92 Å². The fourth-order valence-corrected chi connectivity index (χ4v) is 1.02. The summed E-state index contributed by atoms with van der Waals surface area (Å²) in [5.74, 6) is -3.23. The molecule has 0 bridgehead atoms. The topological polar surface area (TPSA) is 94.9 Å². The van der Waals surface area contributed by atoms with Crippen molar-refractivity contribution >= 4 is 17.8 Å². The maximum absolute atomic E-state index is 11.5. The number of rotatable bonds is 6. The molecule has 0 heterocycles. The van der Waals surface area contributed by atoms with Gasteiger partial charge in [-0.1, -0.05) is 13.8 Å². The molecule has 1 unspecified atom stereocenters. The molecule has 0 fully saturated rings. The predicted octanol–water partition coefficient (Wildman–Crippen LogP) is 0.0303. The van der Waals surface area contributed by atoms with Crippen LogP contribution in [0.4, 0.5) is 0 Å². The maximum Gasteiger partial charge on any atom is 0.323 e. The lowest BCUT2D eigenvalue weighted by molar-refractivity contribution is -0.150. The second-order valence-electron chi connectivity index (χ2n) is 3.29. The van der Waals surface area contributed by atoms with Crippen LogP contribution < -0.4 is 0 Å². The van der Waals surface area contributed by atoms with Crippen LogP contribution in [0.2, 0.25) is 0 Å². The van der Waals surface area contributed by atoms with Crippen molar-refractivity contribution in [3.63, 3.8) is 0 Å². The lowest BCUT2D eigenvalue weighted by atomic mass is 10.1. The van der Waals surface area contributed by atoms with E-state index in [2.05, 4.69) is 0 Å². The number of carboxylic acid groups (broad SMARTS) is 2. The van der Waals surface area contributed by atoms with E-state index in [-0.39, 0.29) is 5.92 Å². The zero-order valence-corrected chi connectivity index (χ0v) is 8.77. The number of carbonyl (C=O) groups excluding carboxylic acids is 1. The highest BCUT2D eigenvalue weighted by molar-refractivity contribution is 5.86. The third-order valence-corrected chi connectivity index (χ3v) is 2.00. The Morgan fingerprint density at radius 1 is 1.13 bits per heavy atom. The summed E-state index contributed by atoms with van der Waals surface area (Å²) in [5.41, 5.74) is 0. The molecule has 86 valence electrons. The smallest absolute Gasteiger partial charge is 0.323 e. The van der Waals surface area contributed by atoms with Crippen molar-refractivity contribution in [2.45, 2.75) is 20.3 Å². The first-order valence-corrected chi connectivity index (χ1v) is 4.60. The zero-order valence-electron chi connectivity index (χ0n) is 8.77. The molecular formula is C9H15NO5. The summed E-state index contributed by atoms with van der Waals surface area (Å²) in [4.78, 5) is 33.2. The van der Waals surface area contributed by atoms with E-state index in [1.54, 1.807) is 13.8 Å². The van der Waals surface area contributed by atoms with E-state index in [9.17, 15) is 14.4 Å². The van der Waals surface area contributed by atoms with Crippen molar-refractivity contribution in [1.82, 2.24) is 4.90 Å². The van der Waals surface area contributed by atoms with Gasteiger partial charge in [-0.3, -0.25) is 14.4 Å². The molecule has 6 nitrogen and oxygen atoms in total. The standard InChI is InChI=1S/C9H15NO5/c1-3-6(2)9(15)10(4-7(11)12)5-8(13)14/h6H,3-5H2,1-2H3,(H,11,12)(H,13,14). The summed E-state index contributed by atoms with van der Waals surface area (Å²) < 4.78 is 0. The summed E-state index contributed by atoms with van der Waals surface area (Å²) in [7, 11) is 0. The van der Waals surface area contributed by atoms with Crippen molar-refractivity contribution in [2.75, 3.05) is 13.1 Å². The minimum Gasteiger partial charge on any atom is -0.480 e. The third-order valence-electron chi connectivity index (χ3n) is 2.00. The minimum absolute atomic E-state index is 0.358. The summed E-state index contributed by atoms with van der Waals surface area (Å²) in [6, 6.07) is 0. The van der Waals surface area contributed by atoms with E-state index < -0.39 is 30.9 Å². The van der Waals surface area contributed by atoms with Crippen LogP contribution in [0.5, 0.6) is 0 Å². The van der Waals surface area contributed by atoms with Crippen LogP contribution in [-0.4, -0.2) is 46.0 Å². The number of hydrogen-bond donors (Lipinski definition) is 2. The molecule has 0 aliphatic heterocycles. The van der Waals surface area contributed by atoms with Gasteiger partial charge in [-0.05, 0) is 6.42 Å². The lowest BCUT2D eigenvalue weighted by Crippen LogP contribution is -2.41. The molecule has 0 rings (SSSR count). The molecule has 0 saturated carbocycles. The van der Waals surface area contributed by atoms with Crippen molar-refractivity contribution in [1.29, 1.82) is 0 Å². The average molecular weight is 217 g/mol. The van der Waals surface area contributed by atoms with Crippen LogP contribution in [0.25, 0.3) is 0 Å². The number of hydrogen-bond acceptors (Lipinski definition) is 3. The molecule has 0 saturated heterocycles. The van der Waals surface area contributed by atoms with Crippen molar-refractivity contribution in [3.8, 4) is 0 Å². The normalized spacial score (nSPS) is 11.9. The summed E-state index contributed by atoms with van der Waals surface area (Å²) >= 11 is 0. The Balaban J connectivity index is 4.53. The molecular weight excluding hydrogens is 202 g/mol. The molecule has 0 aromatic rings. The van der Waals surface area contributed by atoms with Gasteiger partial charge in [0.2, 0.25) is 5.91 Å². The van der Waals surface area contributed by atoms with Gasteiger partial charge in [0.15, 0.2) is 0 Å². The van der Waals surface area contributed by atoms with E-state index in [1.165, 1.54) is 0 Å². The minimum atomic E-state index is -1.21. The second kappa shape index (κ2) is 6.00. The molecule has 0 aromatic carbocycles. The molecule has 0 spiro atoms. The summed E-state index contributed by atoms with van der Waals surface area (Å²) in [6.45, 7) is 2.27. The Kier molecular flexibility index (Phi) is 5.36. The van der Waals surface area contributed by atoms with Crippen molar-refractivity contribution in [2.24, 2.45) is 5.92 Å². The summed E-state index contributed by atoms with van der Waals surface area (Å²) in [5, 5.41) is 17.0. The largest absolute Gasteiger partial charge is 0.480 e. The fourth-order valence-electron chi connectivity index (χ4n) is 1.02. The van der Waals surface area contributed by atoms with E-state index in [0.29, 0.717) is 6.42 Å². The molecule has 0 aliphatic carbocycles. The first-order chi connectivity index (χ1) is 6.88. The molecule has 0 radical (unpaired) electrons. The number of nitrogens with zero attached hydrogens (tertiary/aromatic N) is 1. The molecule has 6 heteroatoms. The van der Waals surface area contributed by atoms with Gasteiger partial charge in [0.25, 0.3) is 0 Å². The monoisotopic (exact) mass is 217 g/mol. The first kappa shape index (κ1) is 13.4. The Hall–Kier alpha value is -1.59. The average Bonchev–Trinajstić information content (AvgIpc) is 2.13. The van der Waals surface area contributed by atoms with Crippen LogP contribution in [0.1, 0.15) is 20.3 Å². The van der Waals surface area contributed by atoms with E-state index >= 15 is 0 Å². The van der Waals surface area contributed by atoms with E-state index in [0.717, 1.165) is 4.90 Å². The molecule has 2 N–H and O–H groups in total. The van der Waals surface area contributed by atoms with Crippen molar-refractivity contribution < 1.29 is 24.6 Å². The quantitative estimate of drug-likeness (QED) is 0.654. The van der Waals surface area contributed by atoms with Crippen molar-refractivity contribution in [3.05, 3.63) is 0 Å². The SMILES string of the molecule is CCC(C)C(=O)N(CC(=O)O)CC(=O)O. The van der Waals surface area contributed by atoms with Gasteiger partial charge < -0.3 is 15.1 Å². The van der Waals surface area contributed by atoms with Crippen LogP contribution in [0.3, 0.4) is 0 Å². The molecule has 15 heavy (non-hydrogen) atoms. The fraction of sp³-hybridized carbons (Fsp3) is 0.667. The van der Waals surface area contributed by atoms with Gasteiger partial charge in [-0.15, -0.1) is 0 Å². The predicted molar refractivity (Wildman–Crippen MR) is 51.3 cm³/mol. The van der Waals surface area contributed by atoms with Gasteiger partial charge in [0.05, 0.1) is 0 Å². The number of amides is 1. The zero-order chi connectivity index (χ0) is 12.0. The van der Waals surface area contributed by atoms with E-state index in [1.807, 2.05) is 0 Å². The van der Waals surface area contributed by atoms with Gasteiger partial charge in [-0.25, -0.2) is 0 Å². The first-order valence-electron chi connectivity index (χ1n) is 4.60. The van der Waals surface area contributed by atoms with Gasteiger partial charge in [-0.2, -0.15) is 0 Å². The third kappa shape index (κ3) is 4.99. The highest BCUT2D eigenvalue weighted by Crippen LogP contribution is 2.06. The molecule has 0 aromatic heterocycles. The van der Waals surface area contributed by atoms with Crippen LogP contribution >= 0.6 is 0 Å². The Bertz CT molecular complexity index is 247. The Morgan fingerprint density at radius 2 is 1.53 bits per heavy atom. The molecule has 1 atom stereocenters. The van der Waals surface area contributed by atoms with Crippen LogP contribution in [0.15, 0.2) is 0 Å². The van der Waals surface area contributed by atoms with Gasteiger partial charge >= 0.3 is 11.9 Å². The van der Waals surface area contributed by atoms with Gasteiger partial charge in [0, 0.05) is 5.92 Å². The highest BCUT2D eigenvalue weighted by Gasteiger charge is 2.23. The lowest BCUT2D eigenvalue weighted by Gasteiger charge is -2.21. The van der Waals surface area contributed by atoms with Gasteiger partial charge in [0.1, 0.15) is 13.1 Å². The molecule has 1 amide bonds. The Labute approximate surface area is 87.5 Å². The number of aliphatic carboxylic acids is 2. The summed E-state index contributed by atoms with van der Waals surface area (Å²) in [6.07, 6.45) is 0.550. The highest BCUT2D eigenvalue weighted by atomic mass is 16.4. The maximum atomic E-state index is 11.5. The van der Waals surface area contributed by atoms with E-state index in [4.69, 9.17) is 10.2 Å². The second-order valence-corrected chi connectivity index (χ2v) is 3.29.